The lowest BCUT2D eigenvalue weighted by molar-refractivity contribution is -0.147. The Morgan fingerprint density at radius 2 is 0.618 bits per heavy atom. The summed E-state index contributed by atoms with van der Waals surface area (Å²) in [7, 11) is 1.56. The van der Waals surface area contributed by atoms with Gasteiger partial charge < -0.3 is 56.8 Å². The highest BCUT2D eigenvalue weighted by Gasteiger charge is 2.11. The molecule has 55 heavy (non-hydrogen) atoms. The van der Waals surface area contributed by atoms with Gasteiger partial charge in [-0.05, 0) is 0 Å². The second-order valence-electron chi connectivity index (χ2n) is 8.61. The van der Waals surface area contributed by atoms with E-state index in [4.69, 9.17) is 37.9 Å². The molecule has 0 aliphatic carbocycles. The van der Waals surface area contributed by atoms with Gasteiger partial charge in [0.25, 0.3) is 0 Å². The van der Waals surface area contributed by atoms with E-state index in [0.29, 0.717) is 13.2 Å². The zero-order chi connectivity index (χ0) is 38.1. The fourth-order valence-electron chi connectivity index (χ4n) is 2.40. The van der Waals surface area contributed by atoms with E-state index in [1.165, 1.54) is 41.5 Å². The first-order chi connectivity index (χ1) is 23.3. The van der Waals surface area contributed by atoms with Crippen LogP contribution in [0.15, 0.2) is 0 Å². The van der Waals surface area contributed by atoms with Gasteiger partial charge in [-0.25, -0.2) is 0 Å². The highest BCUT2D eigenvalue weighted by atomic mass is 128. The molecule has 18 nitrogen and oxygen atoms in total. The van der Waals surface area contributed by atoms with Crippen LogP contribution in [0.3, 0.4) is 0 Å². The van der Waals surface area contributed by atoms with Gasteiger partial charge in [-0.3, -0.25) is 28.8 Å². The molecule has 0 spiro atoms. The molecule has 0 heterocycles. The molecule has 0 aromatic heterocycles. The summed E-state index contributed by atoms with van der Waals surface area (Å²) in [6.45, 7) is 11.4. The van der Waals surface area contributed by atoms with Crippen molar-refractivity contribution >= 4 is 73.0 Å². The van der Waals surface area contributed by atoms with Crippen molar-refractivity contribution in [3.63, 3.8) is 0 Å². The predicted octanol–water partition coefficient (Wildman–Crippen LogP) is 5.98. The molecular formula is C35H76I2O18. The molecule has 0 unspecified atom stereocenters. The monoisotopic (exact) mass is 1040 g/mol. The first kappa shape index (κ1) is 77.5. The van der Waals surface area contributed by atoms with Gasteiger partial charge in [-0.1, -0.05) is 44.6 Å². The molecule has 0 saturated carbocycles. The smallest absolute Gasteiger partial charge is 0.302 e. The van der Waals surface area contributed by atoms with Crippen LogP contribution >= 0.6 is 37.2 Å². The van der Waals surface area contributed by atoms with Gasteiger partial charge in [0.2, 0.25) is 0 Å². The minimum Gasteiger partial charge on any atom is -0.463 e. The van der Waals surface area contributed by atoms with E-state index in [-0.39, 0.29) is 166 Å². The van der Waals surface area contributed by atoms with Crippen molar-refractivity contribution in [3.05, 3.63) is 0 Å². The number of carbonyl (C=O) groups excluding carboxylic acids is 6. The summed E-state index contributed by atoms with van der Waals surface area (Å²) in [4.78, 5) is 62.6. The van der Waals surface area contributed by atoms with Gasteiger partial charge >= 0.3 is 35.8 Å². The van der Waals surface area contributed by atoms with Gasteiger partial charge in [-0.2, -0.15) is 0 Å². The minimum atomic E-state index is -0.393. The zero-order valence-electron chi connectivity index (χ0n) is 29.3. The molecule has 0 radical (unpaired) electrons. The fraction of sp³-hybridized carbons (Fsp3) is 0.829. The molecule has 0 rings (SSSR count). The van der Waals surface area contributed by atoms with E-state index in [9.17, 15) is 28.8 Å². The van der Waals surface area contributed by atoms with Crippen LogP contribution < -0.4 is 0 Å². The molecular weight excluding hydrogens is 962 g/mol. The van der Waals surface area contributed by atoms with E-state index >= 15 is 0 Å². The third-order valence-electron chi connectivity index (χ3n) is 4.24. The van der Waals surface area contributed by atoms with Gasteiger partial charge in [0, 0.05) is 85.9 Å². The summed E-state index contributed by atoms with van der Waals surface area (Å²) < 4.78 is 58.7. The number of carbonyl (C=O) groups is 6. The summed E-state index contributed by atoms with van der Waals surface area (Å²) in [5, 5.41) is 0. The summed E-state index contributed by atoms with van der Waals surface area (Å²) in [5.41, 5.74) is 0. The van der Waals surface area contributed by atoms with Gasteiger partial charge in [0.15, 0.2) is 0 Å². The number of rotatable bonds is 25. The summed E-state index contributed by atoms with van der Waals surface area (Å²) >= 11 is 4.24. The third kappa shape index (κ3) is 90.1. The maximum absolute atomic E-state index is 10.7. The predicted molar refractivity (Wildman–Crippen MR) is 228 cm³/mol. The Balaban J connectivity index is -0.0000000709. The molecule has 0 amide bonds. The molecule has 0 aromatic rings. The third-order valence-corrected chi connectivity index (χ3v) is 4.24. The van der Waals surface area contributed by atoms with Crippen molar-refractivity contribution in [3.8, 4) is 0 Å². The van der Waals surface area contributed by atoms with E-state index in [0.717, 1.165) is 0 Å². The number of methoxy groups -OCH3 is 1. The van der Waals surface area contributed by atoms with Crippen molar-refractivity contribution < 1.29 is 85.6 Å². The van der Waals surface area contributed by atoms with E-state index in [2.05, 4.69) is 56.2 Å². The van der Waals surface area contributed by atoms with Crippen LogP contribution in [0.1, 0.15) is 86.1 Å². The lowest BCUT2D eigenvalue weighted by Gasteiger charge is -2.18. The summed E-state index contributed by atoms with van der Waals surface area (Å²) in [5.74, 6) is -2.07. The molecule has 0 aliphatic heterocycles. The maximum atomic E-state index is 10.7. The molecule has 0 saturated heterocycles. The lowest BCUT2D eigenvalue weighted by Crippen LogP contribution is -2.29. The van der Waals surface area contributed by atoms with Crippen LogP contribution in [0.25, 0.3) is 0 Å². The Bertz CT molecular complexity index is 791. The Morgan fingerprint density at radius 3 is 0.873 bits per heavy atom. The van der Waals surface area contributed by atoms with Crippen LogP contribution in [-0.2, 0) is 85.6 Å². The summed E-state index contributed by atoms with van der Waals surface area (Å²) in [6.07, 6.45) is -0.393. The molecule has 0 bridgehead atoms. The average molecular weight is 1040 g/mol. The topological polar surface area (TPSA) is 213 Å². The summed E-state index contributed by atoms with van der Waals surface area (Å²) in [6, 6.07) is 0. The van der Waals surface area contributed by atoms with E-state index in [1.54, 1.807) is 7.11 Å². The number of ether oxygens (including phenoxy) is 12. The molecule has 0 atom stereocenters. The van der Waals surface area contributed by atoms with Crippen molar-refractivity contribution in [1.29, 1.82) is 0 Å². The fourth-order valence-corrected chi connectivity index (χ4v) is 2.40. The van der Waals surface area contributed by atoms with Gasteiger partial charge in [-0.15, -0.1) is 0 Å². The van der Waals surface area contributed by atoms with Crippen LogP contribution in [0.5, 0.6) is 0 Å². The maximum Gasteiger partial charge on any atom is 0.302 e. The highest BCUT2D eigenvalue weighted by molar-refractivity contribution is 15.0. The standard InChI is InChI=1S/C15H26O9.C9H16O6.C5H10O3.6CH4.I2/c1-12(16)21-6-4-19-10-15(24-9-8-23-14(3)18)11-20-5-7-22-13(2)17;1-8(10)14-5-3-12-7-13-4-6-15-9(2)11;1-5(6)8-4-3-7-2;;;;;;;1-2/h15H,4-11H2,1-3H3;3-7H2,1-2H3;3-4H2,1-2H3;6*1H4;. The Kier molecular flexibility index (Phi) is 90.2. The lowest BCUT2D eigenvalue weighted by atomic mass is 10.4. The van der Waals surface area contributed by atoms with Crippen LogP contribution in [0.2, 0.25) is 0 Å². The molecule has 0 fully saturated rings. The molecule has 0 aromatic carbocycles. The van der Waals surface area contributed by atoms with Crippen molar-refractivity contribution in [2.75, 3.05) is 106 Å². The number of esters is 6. The van der Waals surface area contributed by atoms with Crippen LogP contribution in [0.4, 0.5) is 0 Å². The second-order valence-corrected chi connectivity index (χ2v) is 8.61. The number of hydrogen-bond acceptors (Lipinski definition) is 18. The first-order valence-corrected chi connectivity index (χ1v) is 21.0. The molecule has 0 aliphatic rings. The van der Waals surface area contributed by atoms with Crippen molar-refractivity contribution in [1.82, 2.24) is 0 Å². The minimum absolute atomic E-state index is 0. The van der Waals surface area contributed by atoms with E-state index in [1.807, 2.05) is 0 Å². The average Bonchev–Trinajstić information content (AvgIpc) is 3.02. The Hall–Kier alpha value is -1.96. The van der Waals surface area contributed by atoms with Crippen molar-refractivity contribution in [2.24, 2.45) is 0 Å². The largest absolute Gasteiger partial charge is 0.463 e. The van der Waals surface area contributed by atoms with Gasteiger partial charge in [0.05, 0.1) is 52.9 Å². The van der Waals surface area contributed by atoms with Crippen molar-refractivity contribution in [2.45, 2.75) is 92.2 Å². The zero-order valence-corrected chi connectivity index (χ0v) is 33.6. The second kappa shape index (κ2) is 64.0. The van der Waals surface area contributed by atoms with E-state index < -0.39 is 6.10 Å². The SMILES string of the molecule is C.C.C.C.C.C.CC(=O)OCCOCC(COCCOC(C)=O)OCCOC(C)=O.CC(=O)OCCOCOCCOC(C)=O.COCCOC(C)=O.II. The molecule has 338 valence electrons. The quantitative estimate of drug-likeness (QED) is 0.0338. The molecule has 0 N–H and O–H groups in total. The Morgan fingerprint density at radius 1 is 0.382 bits per heavy atom. The number of halogens is 2. The Labute approximate surface area is 355 Å². The number of hydrogen-bond donors (Lipinski definition) is 0. The van der Waals surface area contributed by atoms with Crippen LogP contribution in [-0.4, -0.2) is 148 Å². The van der Waals surface area contributed by atoms with Crippen LogP contribution in [0, 0.1) is 0 Å². The normalized spacial score (nSPS) is 8.62. The van der Waals surface area contributed by atoms with Gasteiger partial charge in [0.1, 0.15) is 52.5 Å². The molecule has 20 heteroatoms. The first-order valence-electron chi connectivity index (χ1n) is 14.7. The highest BCUT2D eigenvalue weighted by Crippen LogP contribution is 1.97.